The zero-order valence-electron chi connectivity index (χ0n) is 12.7. The third-order valence-corrected chi connectivity index (χ3v) is 4.30. The first-order valence-electron chi connectivity index (χ1n) is 7.85. The molecule has 1 aliphatic heterocycles. The van der Waals surface area contributed by atoms with Gasteiger partial charge in [-0.3, -0.25) is 15.0 Å². The Kier molecular flexibility index (Phi) is 5.41. The summed E-state index contributed by atoms with van der Waals surface area (Å²) >= 11 is 0. The van der Waals surface area contributed by atoms with Gasteiger partial charge in [-0.25, -0.2) is 0 Å². The van der Waals surface area contributed by atoms with Crippen LogP contribution in [0.5, 0.6) is 0 Å². The maximum atomic E-state index is 11.4. The lowest BCUT2D eigenvalue weighted by atomic mass is 9.94. The van der Waals surface area contributed by atoms with Crippen LogP contribution in [0, 0.1) is 0 Å². The van der Waals surface area contributed by atoms with Crippen molar-refractivity contribution in [3.63, 3.8) is 0 Å². The van der Waals surface area contributed by atoms with E-state index in [9.17, 15) is 9.90 Å². The van der Waals surface area contributed by atoms with E-state index in [2.05, 4.69) is 17.1 Å². The van der Waals surface area contributed by atoms with Crippen molar-refractivity contribution in [2.24, 2.45) is 0 Å². The van der Waals surface area contributed by atoms with Gasteiger partial charge in [-0.1, -0.05) is 0 Å². The summed E-state index contributed by atoms with van der Waals surface area (Å²) < 4.78 is 5.52. The molecule has 5 nitrogen and oxygen atoms in total. The molecule has 0 bridgehead atoms. The normalized spacial score (nSPS) is 27.2. The standard InChI is InChI=1S/C15H28N2O3/c1-12-11-17(9-10-20-12)8-4-3-7-15(2,14(18)19)16-13-5-6-13/h12-13,16H,3-11H2,1-2H3,(H,18,19). The first kappa shape index (κ1) is 15.7. The Morgan fingerprint density at radius 2 is 2.20 bits per heavy atom. The van der Waals surface area contributed by atoms with Crippen LogP contribution in [0.3, 0.4) is 0 Å². The number of hydrogen-bond acceptors (Lipinski definition) is 4. The Labute approximate surface area is 121 Å². The van der Waals surface area contributed by atoms with E-state index in [1.807, 2.05) is 6.92 Å². The minimum absolute atomic E-state index is 0.324. The summed E-state index contributed by atoms with van der Waals surface area (Å²) in [4.78, 5) is 13.9. The number of carboxylic acid groups (broad SMARTS) is 1. The molecule has 0 spiro atoms. The van der Waals surface area contributed by atoms with Crippen molar-refractivity contribution >= 4 is 5.97 Å². The SMILES string of the molecule is CC1CN(CCCCC(C)(NC2CC2)C(=O)O)CCO1. The first-order valence-corrected chi connectivity index (χ1v) is 7.85. The third-order valence-electron chi connectivity index (χ3n) is 4.30. The number of ether oxygens (including phenoxy) is 1. The molecule has 1 aliphatic carbocycles. The Morgan fingerprint density at radius 3 is 2.80 bits per heavy atom. The van der Waals surface area contributed by atoms with Crippen molar-refractivity contribution in [2.75, 3.05) is 26.2 Å². The highest BCUT2D eigenvalue weighted by atomic mass is 16.5. The van der Waals surface area contributed by atoms with Gasteiger partial charge in [0.1, 0.15) is 5.54 Å². The molecule has 0 aromatic heterocycles. The minimum atomic E-state index is -0.751. The van der Waals surface area contributed by atoms with Gasteiger partial charge in [0, 0.05) is 19.1 Å². The molecule has 0 aromatic carbocycles. The highest BCUT2D eigenvalue weighted by Gasteiger charge is 2.37. The largest absolute Gasteiger partial charge is 0.480 e. The molecule has 2 rings (SSSR count). The van der Waals surface area contributed by atoms with Crippen LogP contribution in [0.25, 0.3) is 0 Å². The second-order valence-corrected chi connectivity index (χ2v) is 6.49. The number of morpholine rings is 1. The summed E-state index contributed by atoms with van der Waals surface area (Å²) in [5, 5.41) is 12.7. The molecule has 116 valence electrons. The van der Waals surface area contributed by atoms with E-state index in [0.717, 1.165) is 51.9 Å². The molecule has 5 heteroatoms. The number of nitrogens with one attached hydrogen (secondary N) is 1. The van der Waals surface area contributed by atoms with Crippen LogP contribution in [0.2, 0.25) is 0 Å². The highest BCUT2D eigenvalue weighted by Crippen LogP contribution is 2.25. The molecule has 2 unspecified atom stereocenters. The smallest absolute Gasteiger partial charge is 0.323 e. The summed E-state index contributed by atoms with van der Waals surface area (Å²) in [5.74, 6) is -0.718. The lowest BCUT2D eigenvalue weighted by Crippen LogP contribution is -2.50. The number of aliphatic carboxylic acids is 1. The fourth-order valence-electron chi connectivity index (χ4n) is 2.83. The maximum absolute atomic E-state index is 11.4. The fourth-order valence-corrected chi connectivity index (χ4v) is 2.83. The molecule has 0 amide bonds. The van der Waals surface area contributed by atoms with Crippen molar-refractivity contribution in [2.45, 2.75) is 63.6 Å². The number of nitrogens with zero attached hydrogens (tertiary/aromatic N) is 1. The molecule has 0 radical (unpaired) electrons. The van der Waals surface area contributed by atoms with Crippen molar-refractivity contribution in [1.29, 1.82) is 0 Å². The van der Waals surface area contributed by atoms with E-state index < -0.39 is 11.5 Å². The van der Waals surface area contributed by atoms with E-state index in [-0.39, 0.29) is 0 Å². The van der Waals surface area contributed by atoms with E-state index >= 15 is 0 Å². The molecule has 0 aromatic rings. The zero-order chi connectivity index (χ0) is 14.6. The van der Waals surface area contributed by atoms with E-state index in [1.54, 1.807) is 0 Å². The van der Waals surface area contributed by atoms with Gasteiger partial charge in [-0.05, 0) is 52.5 Å². The van der Waals surface area contributed by atoms with E-state index in [1.165, 1.54) is 0 Å². The van der Waals surface area contributed by atoms with Crippen LogP contribution in [0.15, 0.2) is 0 Å². The van der Waals surface area contributed by atoms with Gasteiger partial charge in [-0.2, -0.15) is 0 Å². The van der Waals surface area contributed by atoms with Crippen LogP contribution in [-0.2, 0) is 9.53 Å². The van der Waals surface area contributed by atoms with E-state index in [4.69, 9.17) is 4.74 Å². The van der Waals surface area contributed by atoms with Crippen molar-refractivity contribution in [3.05, 3.63) is 0 Å². The molecule has 2 fully saturated rings. The van der Waals surface area contributed by atoms with Gasteiger partial charge < -0.3 is 9.84 Å². The quantitative estimate of drug-likeness (QED) is 0.661. The average Bonchev–Trinajstić information content (AvgIpc) is 3.18. The Bertz CT molecular complexity index is 333. The second kappa shape index (κ2) is 6.87. The maximum Gasteiger partial charge on any atom is 0.323 e. The van der Waals surface area contributed by atoms with Gasteiger partial charge in [0.2, 0.25) is 0 Å². The Balaban J connectivity index is 1.66. The predicted molar refractivity (Wildman–Crippen MR) is 77.9 cm³/mol. The Hall–Kier alpha value is -0.650. The molecular weight excluding hydrogens is 256 g/mol. The molecule has 2 N–H and O–H groups in total. The third kappa shape index (κ3) is 4.72. The van der Waals surface area contributed by atoms with Gasteiger partial charge in [0.25, 0.3) is 0 Å². The van der Waals surface area contributed by atoms with Crippen molar-refractivity contribution in [3.8, 4) is 0 Å². The monoisotopic (exact) mass is 284 g/mol. The summed E-state index contributed by atoms with van der Waals surface area (Å²) in [7, 11) is 0. The van der Waals surface area contributed by atoms with Crippen LogP contribution in [0.1, 0.15) is 46.0 Å². The van der Waals surface area contributed by atoms with Gasteiger partial charge in [0.05, 0.1) is 12.7 Å². The minimum Gasteiger partial charge on any atom is -0.480 e. The number of carboxylic acids is 1. The highest BCUT2D eigenvalue weighted by molar-refractivity contribution is 5.78. The second-order valence-electron chi connectivity index (χ2n) is 6.49. The molecule has 1 heterocycles. The van der Waals surface area contributed by atoms with Crippen molar-refractivity contribution < 1.29 is 14.6 Å². The van der Waals surface area contributed by atoms with Crippen LogP contribution >= 0.6 is 0 Å². The first-order chi connectivity index (χ1) is 9.49. The summed E-state index contributed by atoms with van der Waals surface area (Å²) in [6.45, 7) is 7.79. The molecule has 20 heavy (non-hydrogen) atoms. The molecule has 1 saturated carbocycles. The number of carbonyl (C=O) groups is 1. The van der Waals surface area contributed by atoms with Gasteiger partial charge in [-0.15, -0.1) is 0 Å². The fraction of sp³-hybridized carbons (Fsp3) is 0.933. The summed E-state index contributed by atoms with van der Waals surface area (Å²) in [6, 6.07) is 0.427. The molecule has 2 atom stereocenters. The number of rotatable bonds is 8. The molecule has 1 saturated heterocycles. The lowest BCUT2D eigenvalue weighted by molar-refractivity contribution is -0.144. The average molecular weight is 284 g/mol. The summed E-state index contributed by atoms with van der Waals surface area (Å²) in [6.07, 6.45) is 5.28. The lowest BCUT2D eigenvalue weighted by Gasteiger charge is -2.31. The van der Waals surface area contributed by atoms with Gasteiger partial charge in [0.15, 0.2) is 0 Å². The van der Waals surface area contributed by atoms with Gasteiger partial charge >= 0.3 is 5.97 Å². The topological polar surface area (TPSA) is 61.8 Å². The number of unbranched alkanes of at least 4 members (excludes halogenated alkanes) is 1. The van der Waals surface area contributed by atoms with E-state index in [0.29, 0.717) is 18.6 Å². The van der Waals surface area contributed by atoms with Crippen molar-refractivity contribution in [1.82, 2.24) is 10.2 Å². The Morgan fingerprint density at radius 1 is 1.45 bits per heavy atom. The zero-order valence-corrected chi connectivity index (χ0v) is 12.7. The summed E-state index contributed by atoms with van der Waals surface area (Å²) in [5.41, 5.74) is -0.751. The predicted octanol–water partition coefficient (Wildman–Crippen LogP) is 1.47. The van der Waals surface area contributed by atoms with Crippen LogP contribution < -0.4 is 5.32 Å². The van der Waals surface area contributed by atoms with Crippen LogP contribution in [0.4, 0.5) is 0 Å². The molecular formula is C15H28N2O3. The number of hydrogen-bond donors (Lipinski definition) is 2. The molecule has 2 aliphatic rings. The van der Waals surface area contributed by atoms with Crippen LogP contribution in [-0.4, -0.2) is 59.9 Å².